The zero-order valence-electron chi connectivity index (χ0n) is 24.1. The summed E-state index contributed by atoms with van der Waals surface area (Å²) >= 11 is 0. The van der Waals surface area contributed by atoms with Crippen molar-refractivity contribution in [2.75, 3.05) is 53.0 Å². The summed E-state index contributed by atoms with van der Waals surface area (Å²) in [5, 5.41) is 6.14. The number of hydrazone groups is 1. The van der Waals surface area contributed by atoms with Gasteiger partial charge in [-0.05, 0) is 42.5 Å². The Balaban J connectivity index is 1.43. The maximum Gasteiger partial charge on any atom is 0.416 e. The maximum atomic E-state index is 14.0. The molecule has 0 aliphatic carbocycles. The van der Waals surface area contributed by atoms with E-state index in [1.165, 1.54) is 9.91 Å². The monoisotopic (exact) mass is 597 g/mol. The number of ether oxygens (including phenoxy) is 2. The number of hydrogen-bond donors (Lipinski definition) is 0. The van der Waals surface area contributed by atoms with Gasteiger partial charge in [-0.25, -0.2) is 5.01 Å². The third-order valence-electron chi connectivity index (χ3n) is 7.77. The molecule has 3 heterocycles. The number of carbonyl (C=O) groups is 2. The number of benzene rings is 2. The second-order valence-corrected chi connectivity index (χ2v) is 10.5. The molecular weight excluding hydrogens is 563 g/mol. The number of aromatic nitrogens is 1. The summed E-state index contributed by atoms with van der Waals surface area (Å²) in [6.07, 6.45) is -2.19. The average Bonchev–Trinajstić information content (AvgIpc) is 3.65. The van der Waals surface area contributed by atoms with Crippen molar-refractivity contribution in [3.63, 3.8) is 0 Å². The summed E-state index contributed by atoms with van der Waals surface area (Å²) in [4.78, 5) is 31.2. The fraction of sp³-hybridized carbons (Fsp3) is 0.387. The topological polar surface area (TPSA) is 79.6 Å². The highest BCUT2D eigenvalue weighted by atomic mass is 19.4. The first-order chi connectivity index (χ1) is 20.7. The zero-order chi connectivity index (χ0) is 30.6. The molecule has 5 rings (SSSR count). The summed E-state index contributed by atoms with van der Waals surface area (Å²) in [6.45, 7) is 2.88. The van der Waals surface area contributed by atoms with E-state index < -0.39 is 29.6 Å². The Labute approximate surface area is 248 Å². The molecule has 2 aromatic carbocycles. The van der Waals surface area contributed by atoms with Crippen LogP contribution < -0.4 is 4.74 Å². The molecule has 0 bridgehead atoms. The molecule has 2 aliphatic rings. The first kappa shape index (κ1) is 30.3. The van der Waals surface area contributed by atoms with Crippen molar-refractivity contribution in [1.82, 2.24) is 19.4 Å². The van der Waals surface area contributed by atoms with Gasteiger partial charge in [0.1, 0.15) is 12.3 Å². The third-order valence-corrected chi connectivity index (χ3v) is 7.77. The number of methoxy groups -OCH3 is 1. The predicted octanol–water partition coefficient (Wildman–Crippen LogP) is 4.20. The van der Waals surface area contributed by atoms with Gasteiger partial charge in [0, 0.05) is 57.0 Å². The van der Waals surface area contributed by atoms with E-state index in [1.54, 1.807) is 7.11 Å². The lowest BCUT2D eigenvalue weighted by Crippen LogP contribution is -2.46. The minimum atomic E-state index is -4.52. The van der Waals surface area contributed by atoms with E-state index in [0.717, 1.165) is 35.5 Å². The van der Waals surface area contributed by atoms with Gasteiger partial charge in [0.05, 0.1) is 43.3 Å². The second-order valence-electron chi connectivity index (χ2n) is 10.5. The zero-order valence-corrected chi connectivity index (χ0v) is 24.1. The number of aryl methyl sites for hydroxylation is 1. The van der Waals surface area contributed by atoms with Crippen molar-refractivity contribution < 1.29 is 32.2 Å². The molecule has 1 fully saturated rings. The molecule has 1 saturated heterocycles. The molecule has 43 heavy (non-hydrogen) atoms. The third kappa shape index (κ3) is 6.91. The van der Waals surface area contributed by atoms with E-state index in [4.69, 9.17) is 14.6 Å². The van der Waals surface area contributed by atoms with E-state index >= 15 is 0 Å². The molecule has 0 saturated carbocycles. The molecule has 3 aromatic rings. The molecule has 0 spiro atoms. The molecule has 228 valence electrons. The Morgan fingerprint density at radius 1 is 1.05 bits per heavy atom. The number of alkyl halides is 3. The minimum Gasteiger partial charge on any atom is -0.496 e. The van der Waals surface area contributed by atoms with E-state index in [9.17, 15) is 22.8 Å². The van der Waals surface area contributed by atoms with Crippen LogP contribution in [0.25, 0.3) is 0 Å². The number of nitrogens with zero attached hydrogens (tertiary/aromatic N) is 5. The summed E-state index contributed by atoms with van der Waals surface area (Å²) < 4.78 is 52.4. The minimum absolute atomic E-state index is 0.0680. The van der Waals surface area contributed by atoms with Crippen molar-refractivity contribution in [3.05, 3.63) is 89.2 Å². The van der Waals surface area contributed by atoms with Crippen LogP contribution in [-0.2, 0) is 22.8 Å². The quantitative estimate of drug-likeness (QED) is 0.370. The van der Waals surface area contributed by atoms with Gasteiger partial charge in [-0.15, -0.1) is 0 Å². The standard InChI is InChI=1S/C31H34F3N5O4/c1-36-13-5-7-26(36)25-20-27(24-6-3-4-8-28(24)42-2)39(35-25)29(40)21-38(15-14-37-16-18-43-19-17-37)30(41)22-9-11-23(12-10-22)31(32,33)34/h3-13,27H,14-21H2,1-2H3/t27-/m0/s1. The number of para-hydroxylation sites is 1. The van der Waals surface area contributed by atoms with Gasteiger partial charge < -0.3 is 18.9 Å². The highest BCUT2D eigenvalue weighted by Gasteiger charge is 2.37. The molecule has 0 unspecified atom stereocenters. The number of hydrogen-bond acceptors (Lipinski definition) is 6. The second kappa shape index (κ2) is 13.0. The maximum absolute atomic E-state index is 14.0. The number of amides is 2. The molecule has 2 aliphatic heterocycles. The van der Waals surface area contributed by atoms with Crippen molar-refractivity contribution in [2.45, 2.75) is 18.6 Å². The van der Waals surface area contributed by atoms with Crippen LogP contribution in [0.2, 0.25) is 0 Å². The smallest absolute Gasteiger partial charge is 0.416 e. The van der Waals surface area contributed by atoms with E-state index in [2.05, 4.69) is 4.90 Å². The molecule has 1 atom stereocenters. The molecule has 0 radical (unpaired) electrons. The molecule has 1 aromatic heterocycles. The van der Waals surface area contributed by atoms with Crippen LogP contribution in [0.1, 0.15) is 39.6 Å². The van der Waals surface area contributed by atoms with Crippen LogP contribution in [-0.4, -0.2) is 89.9 Å². The van der Waals surface area contributed by atoms with E-state index in [1.807, 2.05) is 54.2 Å². The number of morpholine rings is 1. The predicted molar refractivity (Wildman–Crippen MR) is 154 cm³/mol. The summed E-state index contributed by atoms with van der Waals surface area (Å²) in [6, 6.07) is 14.8. The number of carbonyl (C=O) groups excluding carboxylic acids is 2. The van der Waals surface area contributed by atoms with Gasteiger partial charge in [0.25, 0.3) is 11.8 Å². The van der Waals surface area contributed by atoms with Crippen molar-refractivity contribution in [1.29, 1.82) is 0 Å². The SMILES string of the molecule is COc1ccccc1[C@@H]1CC(c2cccn2C)=NN1C(=O)CN(CCN1CCOCC1)C(=O)c1ccc(C(F)(F)F)cc1. The van der Waals surface area contributed by atoms with Crippen molar-refractivity contribution in [3.8, 4) is 5.75 Å². The normalized spacial score (nSPS) is 17.6. The van der Waals surface area contributed by atoms with Crippen LogP contribution in [0, 0.1) is 0 Å². The van der Waals surface area contributed by atoms with Crippen molar-refractivity contribution >= 4 is 17.5 Å². The number of halogens is 3. The van der Waals surface area contributed by atoms with Crippen LogP contribution in [0.4, 0.5) is 13.2 Å². The molecule has 2 amide bonds. The van der Waals surface area contributed by atoms with E-state index in [-0.39, 0.29) is 18.7 Å². The van der Waals surface area contributed by atoms with Crippen LogP contribution >= 0.6 is 0 Å². The Bertz CT molecular complexity index is 1460. The van der Waals surface area contributed by atoms with Gasteiger partial charge in [-0.2, -0.15) is 18.3 Å². The van der Waals surface area contributed by atoms with Gasteiger partial charge >= 0.3 is 6.18 Å². The van der Waals surface area contributed by atoms with Gasteiger partial charge in [0.2, 0.25) is 0 Å². The lowest BCUT2D eigenvalue weighted by atomic mass is 9.99. The molecule has 0 N–H and O–H groups in total. The average molecular weight is 598 g/mol. The Hall–Kier alpha value is -4.16. The number of rotatable bonds is 9. The van der Waals surface area contributed by atoms with Crippen molar-refractivity contribution in [2.24, 2.45) is 12.1 Å². The van der Waals surface area contributed by atoms with Crippen LogP contribution in [0.3, 0.4) is 0 Å². The lowest BCUT2D eigenvalue weighted by molar-refractivity contribution is -0.137. The van der Waals surface area contributed by atoms with Gasteiger partial charge in [-0.3, -0.25) is 14.5 Å². The highest BCUT2D eigenvalue weighted by Crippen LogP contribution is 2.37. The van der Waals surface area contributed by atoms with Gasteiger partial charge in [-0.1, -0.05) is 18.2 Å². The Morgan fingerprint density at radius 2 is 1.77 bits per heavy atom. The summed E-state index contributed by atoms with van der Waals surface area (Å²) in [7, 11) is 3.46. The largest absolute Gasteiger partial charge is 0.496 e. The molecule has 12 heteroatoms. The Morgan fingerprint density at radius 3 is 2.42 bits per heavy atom. The van der Waals surface area contributed by atoms with Crippen LogP contribution in [0.5, 0.6) is 5.75 Å². The molecular formula is C31H34F3N5O4. The fourth-order valence-electron chi connectivity index (χ4n) is 5.40. The lowest BCUT2D eigenvalue weighted by Gasteiger charge is -2.31. The van der Waals surface area contributed by atoms with Gasteiger partial charge in [0.15, 0.2) is 0 Å². The summed E-state index contributed by atoms with van der Waals surface area (Å²) in [5.74, 6) is -0.337. The summed E-state index contributed by atoms with van der Waals surface area (Å²) in [5.41, 5.74) is 1.57. The molecule has 9 nitrogen and oxygen atoms in total. The van der Waals surface area contributed by atoms with Crippen LogP contribution in [0.15, 0.2) is 72.0 Å². The Kier molecular flexibility index (Phi) is 9.16. The highest BCUT2D eigenvalue weighted by molar-refractivity contribution is 6.03. The fourth-order valence-corrected chi connectivity index (χ4v) is 5.40. The first-order valence-electron chi connectivity index (χ1n) is 14.1. The van der Waals surface area contributed by atoms with E-state index in [0.29, 0.717) is 50.7 Å². The first-order valence-corrected chi connectivity index (χ1v) is 14.1.